The maximum absolute atomic E-state index is 4.75. The Labute approximate surface area is 114 Å². The van der Waals surface area contributed by atoms with E-state index in [9.17, 15) is 0 Å². The normalized spacial score (nSPS) is 12.7. The van der Waals surface area contributed by atoms with Gasteiger partial charge in [0.2, 0.25) is 0 Å². The van der Waals surface area contributed by atoms with Crippen molar-refractivity contribution < 1.29 is 0 Å². The molecule has 1 heterocycles. The van der Waals surface area contributed by atoms with E-state index < -0.39 is 0 Å². The van der Waals surface area contributed by atoms with Crippen molar-refractivity contribution >= 4 is 16.6 Å². The Bertz CT molecular complexity index is 642. The smallest absolute Gasteiger partial charge is 0.141 e. The van der Waals surface area contributed by atoms with Gasteiger partial charge in [0, 0.05) is 11.6 Å². The Kier molecular flexibility index (Phi) is 4.00. The fourth-order valence-corrected chi connectivity index (χ4v) is 2.20. The van der Waals surface area contributed by atoms with Crippen LogP contribution in [0.15, 0.2) is 55.1 Å². The van der Waals surface area contributed by atoms with Crippen molar-refractivity contribution in [3.05, 3.63) is 61.0 Å². The summed E-state index contributed by atoms with van der Waals surface area (Å²) in [6.45, 7) is 10.3. The van der Waals surface area contributed by atoms with Gasteiger partial charge in [-0.2, -0.15) is 0 Å². The molecule has 2 heteroatoms. The molecule has 0 unspecified atom stereocenters. The molecule has 2 nitrogen and oxygen atoms in total. The number of hydrogen-bond acceptors (Lipinski definition) is 1. The van der Waals surface area contributed by atoms with Gasteiger partial charge < -0.3 is 4.57 Å². The molecule has 0 bridgehead atoms. The molecule has 0 saturated carbocycles. The van der Waals surface area contributed by atoms with Crippen molar-refractivity contribution in [3.63, 3.8) is 0 Å². The molecule has 0 radical (unpaired) electrons. The maximum Gasteiger partial charge on any atom is 0.141 e. The highest BCUT2D eigenvalue weighted by molar-refractivity contribution is 5.82. The average molecular weight is 252 g/mol. The summed E-state index contributed by atoms with van der Waals surface area (Å²) in [6, 6.07) is 8.59. The number of nitrogens with zero attached hydrogens (tertiary/aromatic N) is 2. The summed E-state index contributed by atoms with van der Waals surface area (Å²) in [5, 5.41) is 0. The van der Waals surface area contributed by atoms with E-state index in [1.165, 1.54) is 5.52 Å². The lowest BCUT2D eigenvalue weighted by atomic mass is 10.2. The zero-order valence-electron chi connectivity index (χ0n) is 11.8. The Balaban J connectivity index is 2.71. The Morgan fingerprint density at radius 3 is 2.68 bits per heavy atom. The van der Waals surface area contributed by atoms with Gasteiger partial charge in [-0.05, 0) is 32.9 Å². The first kappa shape index (κ1) is 13.3. The molecule has 2 aromatic rings. The SMILES string of the molecule is C=C/C(=C\C=C/C)c1nc2ccccc2n1C(C)C. The van der Waals surface area contributed by atoms with Gasteiger partial charge in [-0.3, -0.25) is 0 Å². The van der Waals surface area contributed by atoms with E-state index in [0.717, 1.165) is 16.9 Å². The van der Waals surface area contributed by atoms with E-state index >= 15 is 0 Å². The van der Waals surface area contributed by atoms with Crippen molar-refractivity contribution in [1.82, 2.24) is 9.55 Å². The van der Waals surface area contributed by atoms with Crippen LogP contribution in [-0.2, 0) is 0 Å². The quantitative estimate of drug-likeness (QED) is 0.717. The minimum absolute atomic E-state index is 0.358. The topological polar surface area (TPSA) is 17.8 Å². The van der Waals surface area contributed by atoms with Crippen molar-refractivity contribution in [3.8, 4) is 0 Å². The number of rotatable bonds is 4. The first-order valence-corrected chi connectivity index (χ1v) is 6.61. The third-order valence-electron chi connectivity index (χ3n) is 3.06. The van der Waals surface area contributed by atoms with E-state index in [0.29, 0.717) is 6.04 Å². The van der Waals surface area contributed by atoms with Crippen LogP contribution in [0.25, 0.3) is 16.6 Å². The lowest BCUT2D eigenvalue weighted by Gasteiger charge is -2.13. The summed E-state index contributed by atoms with van der Waals surface area (Å²) >= 11 is 0. The van der Waals surface area contributed by atoms with Crippen molar-refractivity contribution in [2.24, 2.45) is 0 Å². The molecule has 0 N–H and O–H groups in total. The van der Waals surface area contributed by atoms with Crippen LogP contribution in [0.2, 0.25) is 0 Å². The molecule has 0 aliphatic heterocycles. The standard InChI is InChI=1S/C17H20N2/c1-5-7-10-14(6-2)17-18-15-11-8-9-12-16(15)19(17)13(3)4/h5-13H,2H2,1,3-4H3/b7-5-,14-10+. The van der Waals surface area contributed by atoms with Crippen LogP contribution >= 0.6 is 0 Å². The molecule has 19 heavy (non-hydrogen) atoms. The molecule has 0 aliphatic carbocycles. The second-order valence-corrected chi connectivity index (χ2v) is 4.74. The predicted molar refractivity (Wildman–Crippen MR) is 83.1 cm³/mol. The number of fused-ring (bicyclic) bond motifs is 1. The second kappa shape index (κ2) is 5.70. The van der Waals surface area contributed by atoms with Gasteiger partial charge in [-0.1, -0.05) is 43.0 Å². The van der Waals surface area contributed by atoms with E-state index in [1.807, 2.05) is 43.4 Å². The first-order valence-electron chi connectivity index (χ1n) is 6.61. The molecule has 0 spiro atoms. The predicted octanol–water partition coefficient (Wildman–Crippen LogP) is 4.76. The second-order valence-electron chi connectivity index (χ2n) is 4.74. The van der Waals surface area contributed by atoms with Crippen LogP contribution in [0, 0.1) is 0 Å². The Hall–Kier alpha value is -2.09. The average Bonchev–Trinajstić information content (AvgIpc) is 2.79. The molecule has 2 rings (SSSR count). The maximum atomic E-state index is 4.75. The van der Waals surface area contributed by atoms with E-state index in [1.54, 1.807) is 0 Å². The van der Waals surface area contributed by atoms with E-state index in [4.69, 9.17) is 4.98 Å². The van der Waals surface area contributed by atoms with Gasteiger partial charge in [0.25, 0.3) is 0 Å². The Morgan fingerprint density at radius 1 is 1.32 bits per heavy atom. The van der Waals surface area contributed by atoms with Crippen molar-refractivity contribution in [2.75, 3.05) is 0 Å². The molecular weight excluding hydrogens is 232 g/mol. The zero-order chi connectivity index (χ0) is 13.8. The highest BCUT2D eigenvalue weighted by Crippen LogP contribution is 2.26. The molecule has 0 aliphatic rings. The van der Waals surface area contributed by atoms with Crippen molar-refractivity contribution in [2.45, 2.75) is 26.8 Å². The number of imidazole rings is 1. The minimum Gasteiger partial charge on any atom is -0.321 e. The monoisotopic (exact) mass is 252 g/mol. The summed E-state index contributed by atoms with van der Waals surface area (Å²) in [6.07, 6.45) is 7.93. The van der Waals surface area contributed by atoms with Gasteiger partial charge in [0.05, 0.1) is 11.0 Å². The van der Waals surface area contributed by atoms with Crippen LogP contribution in [-0.4, -0.2) is 9.55 Å². The fourth-order valence-electron chi connectivity index (χ4n) is 2.20. The van der Waals surface area contributed by atoms with E-state index in [-0.39, 0.29) is 0 Å². The van der Waals surface area contributed by atoms with E-state index in [2.05, 4.69) is 37.1 Å². The summed E-state index contributed by atoms with van der Waals surface area (Å²) in [7, 11) is 0. The molecular formula is C17H20N2. The van der Waals surface area contributed by atoms with Gasteiger partial charge in [0.15, 0.2) is 0 Å². The number of para-hydroxylation sites is 2. The summed E-state index contributed by atoms with van der Waals surface area (Å²) < 4.78 is 2.26. The van der Waals surface area contributed by atoms with Crippen molar-refractivity contribution in [1.29, 1.82) is 0 Å². The third kappa shape index (κ3) is 2.53. The summed E-state index contributed by atoms with van der Waals surface area (Å²) in [5.41, 5.74) is 3.24. The largest absolute Gasteiger partial charge is 0.321 e. The zero-order valence-corrected chi connectivity index (χ0v) is 11.8. The van der Waals surface area contributed by atoms with Gasteiger partial charge in [0.1, 0.15) is 5.82 Å². The van der Waals surface area contributed by atoms with Crippen LogP contribution in [0.4, 0.5) is 0 Å². The first-order chi connectivity index (χ1) is 9.19. The summed E-state index contributed by atoms with van der Waals surface area (Å²) in [4.78, 5) is 4.75. The highest BCUT2D eigenvalue weighted by atomic mass is 15.1. The van der Waals surface area contributed by atoms with Gasteiger partial charge >= 0.3 is 0 Å². The third-order valence-corrected chi connectivity index (χ3v) is 3.06. The molecule has 1 aromatic heterocycles. The van der Waals surface area contributed by atoms with Gasteiger partial charge in [-0.15, -0.1) is 0 Å². The fraction of sp³-hybridized carbons (Fsp3) is 0.235. The molecule has 0 saturated heterocycles. The number of allylic oxidation sites excluding steroid dienone is 5. The molecule has 1 aromatic carbocycles. The molecule has 0 amide bonds. The summed E-state index contributed by atoms with van der Waals surface area (Å²) in [5.74, 6) is 0.976. The van der Waals surface area contributed by atoms with Crippen LogP contribution < -0.4 is 0 Å². The number of hydrogen-bond donors (Lipinski definition) is 0. The van der Waals surface area contributed by atoms with Crippen LogP contribution in [0.1, 0.15) is 32.6 Å². The van der Waals surface area contributed by atoms with Gasteiger partial charge in [-0.25, -0.2) is 4.98 Å². The van der Waals surface area contributed by atoms with Crippen LogP contribution in [0.5, 0.6) is 0 Å². The Morgan fingerprint density at radius 2 is 2.05 bits per heavy atom. The molecule has 98 valence electrons. The highest BCUT2D eigenvalue weighted by Gasteiger charge is 2.14. The number of aromatic nitrogens is 2. The lowest BCUT2D eigenvalue weighted by Crippen LogP contribution is -2.05. The number of benzene rings is 1. The molecule has 0 atom stereocenters. The van der Waals surface area contributed by atoms with Crippen LogP contribution in [0.3, 0.4) is 0 Å². The lowest BCUT2D eigenvalue weighted by molar-refractivity contribution is 0.611. The molecule has 0 fully saturated rings. The minimum atomic E-state index is 0.358.